The molecule has 1 unspecified atom stereocenters. The van der Waals surface area contributed by atoms with Crippen LogP contribution in [0, 0.1) is 11.3 Å². The van der Waals surface area contributed by atoms with Crippen LogP contribution in [0.1, 0.15) is 29.2 Å². The summed E-state index contributed by atoms with van der Waals surface area (Å²) in [4.78, 5) is 25.5. The van der Waals surface area contributed by atoms with E-state index in [9.17, 15) is 14.7 Å². The van der Waals surface area contributed by atoms with Gasteiger partial charge in [0, 0.05) is 16.9 Å². The number of carboxylic acid groups (broad SMARTS) is 1. The number of hydrogen-bond donors (Lipinski definition) is 3. The van der Waals surface area contributed by atoms with E-state index in [0.29, 0.717) is 46.2 Å². The van der Waals surface area contributed by atoms with Gasteiger partial charge in [0.25, 0.3) is 0 Å². The Morgan fingerprint density at radius 1 is 0.900 bits per heavy atom. The first-order chi connectivity index (χ1) is 19.3. The number of anilines is 2. The fourth-order valence-electron chi connectivity index (χ4n) is 4.24. The molecule has 8 heteroatoms. The van der Waals surface area contributed by atoms with Gasteiger partial charge in [-0.25, -0.2) is 4.79 Å². The molecule has 1 amide bonds. The molecular weight excluding hydrogens is 506 g/mol. The number of hydrogen-bond acceptors (Lipinski definition) is 6. The Morgan fingerprint density at radius 3 is 2.27 bits per heavy atom. The lowest BCUT2D eigenvalue weighted by atomic mass is 9.89. The topological polar surface area (TPSA) is 121 Å². The second-order valence-electron chi connectivity index (χ2n) is 9.27. The average Bonchev–Trinajstić information content (AvgIpc) is 2.97. The summed E-state index contributed by atoms with van der Waals surface area (Å²) in [6.45, 7) is 1.91. The van der Waals surface area contributed by atoms with Gasteiger partial charge in [0.05, 0.1) is 25.2 Å². The normalized spacial score (nSPS) is 11.9. The molecule has 0 spiro atoms. The molecule has 0 aliphatic heterocycles. The van der Waals surface area contributed by atoms with Crippen molar-refractivity contribution < 1.29 is 24.2 Å². The smallest absolute Gasteiger partial charge is 0.333 e. The highest BCUT2D eigenvalue weighted by Gasteiger charge is 2.37. The number of para-hydroxylation sites is 1. The Hall–Kier alpha value is -5.29. The minimum Gasteiger partial charge on any atom is -0.493 e. The van der Waals surface area contributed by atoms with Crippen molar-refractivity contribution in [1.82, 2.24) is 0 Å². The van der Waals surface area contributed by atoms with Crippen LogP contribution >= 0.6 is 0 Å². The van der Waals surface area contributed by atoms with E-state index in [2.05, 4.69) is 10.6 Å². The van der Waals surface area contributed by atoms with Crippen LogP contribution in [0.5, 0.6) is 11.5 Å². The molecule has 4 aromatic rings. The van der Waals surface area contributed by atoms with Crippen molar-refractivity contribution in [1.29, 1.82) is 5.26 Å². The third-order valence-electron chi connectivity index (χ3n) is 6.41. The summed E-state index contributed by atoms with van der Waals surface area (Å²) in [6, 6.07) is 30.4. The summed E-state index contributed by atoms with van der Waals surface area (Å²) in [7, 11) is 1.54. The van der Waals surface area contributed by atoms with Gasteiger partial charge in [0.15, 0.2) is 17.0 Å². The lowest BCUT2D eigenvalue weighted by molar-refractivity contribution is -0.142. The Labute approximate surface area is 232 Å². The van der Waals surface area contributed by atoms with Crippen molar-refractivity contribution in [3.8, 4) is 17.6 Å². The maximum atomic E-state index is 13.1. The summed E-state index contributed by atoms with van der Waals surface area (Å²) in [5.41, 5.74) is 1.88. The van der Waals surface area contributed by atoms with Gasteiger partial charge in [-0.2, -0.15) is 5.26 Å². The molecule has 0 heterocycles. The molecule has 40 heavy (non-hydrogen) atoms. The largest absolute Gasteiger partial charge is 0.493 e. The molecular formula is C32H29N3O5. The quantitative estimate of drug-likeness (QED) is 0.224. The summed E-state index contributed by atoms with van der Waals surface area (Å²) in [5, 5.41) is 25.1. The van der Waals surface area contributed by atoms with Crippen LogP contribution in [0.4, 0.5) is 11.4 Å². The molecule has 8 nitrogen and oxygen atoms in total. The van der Waals surface area contributed by atoms with Gasteiger partial charge in [-0.05, 0) is 60.5 Å². The van der Waals surface area contributed by atoms with E-state index in [4.69, 9.17) is 14.7 Å². The zero-order valence-electron chi connectivity index (χ0n) is 22.2. The molecule has 4 rings (SSSR count). The summed E-state index contributed by atoms with van der Waals surface area (Å²) >= 11 is 0. The van der Waals surface area contributed by atoms with E-state index in [1.807, 2.05) is 36.4 Å². The molecule has 0 fully saturated rings. The lowest BCUT2D eigenvalue weighted by Crippen LogP contribution is -2.41. The van der Waals surface area contributed by atoms with Gasteiger partial charge in [-0.1, -0.05) is 54.6 Å². The third-order valence-corrected chi connectivity index (χ3v) is 6.41. The van der Waals surface area contributed by atoms with E-state index >= 15 is 0 Å². The van der Waals surface area contributed by atoms with Crippen LogP contribution in [-0.2, 0) is 28.2 Å². The number of nitrogens with zero attached hydrogens (tertiary/aromatic N) is 1. The van der Waals surface area contributed by atoms with Gasteiger partial charge >= 0.3 is 5.97 Å². The maximum absolute atomic E-state index is 13.1. The number of rotatable bonds is 11. The monoisotopic (exact) mass is 535 g/mol. The first-order valence-corrected chi connectivity index (χ1v) is 12.6. The molecule has 0 aliphatic carbocycles. The molecule has 0 aromatic heterocycles. The Bertz CT molecular complexity index is 1530. The van der Waals surface area contributed by atoms with Crippen LogP contribution in [0.3, 0.4) is 0 Å². The predicted octanol–water partition coefficient (Wildman–Crippen LogP) is 5.74. The number of ether oxygens (including phenoxy) is 2. The number of amides is 1. The molecule has 0 saturated heterocycles. The number of carbonyl (C=O) groups excluding carboxylic acids is 1. The fourth-order valence-corrected chi connectivity index (χ4v) is 4.24. The van der Waals surface area contributed by atoms with Gasteiger partial charge in [-0.15, -0.1) is 0 Å². The van der Waals surface area contributed by atoms with E-state index in [0.717, 1.165) is 5.56 Å². The summed E-state index contributed by atoms with van der Waals surface area (Å²) < 4.78 is 11.4. The fraction of sp³-hybridized carbons (Fsp3) is 0.156. The minimum atomic E-state index is -1.57. The Kier molecular flexibility index (Phi) is 8.67. The van der Waals surface area contributed by atoms with Crippen LogP contribution in [0.25, 0.3) is 0 Å². The molecule has 3 N–H and O–H groups in total. The van der Waals surface area contributed by atoms with Crippen molar-refractivity contribution in [3.63, 3.8) is 0 Å². The maximum Gasteiger partial charge on any atom is 0.333 e. The minimum absolute atomic E-state index is 0.0382. The van der Waals surface area contributed by atoms with E-state index in [1.54, 1.807) is 73.8 Å². The van der Waals surface area contributed by atoms with Crippen molar-refractivity contribution in [2.45, 2.75) is 25.5 Å². The van der Waals surface area contributed by atoms with Crippen LogP contribution in [-0.4, -0.2) is 24.1 Å². The highest BCUT2D eigenvalue weighted by molar-refractivity contribution is 5.95. The van der Waals surface area contributed by atoms with Crippen molar-refractivity contribution in [3.05, 3.63) is 119 Å². The number of aliphatic carboxylic acids is 1. The zero-order chi connectivity index (χ0) is 28.5. The SMILES string of the molecule is COc1cc(CC(=O)Nc2ccccc2C(C)(Nc2ccc(C#N)cc2)C(=O)O)ccc1OCc1ccccc1. The summed E-state index contributed by atoms with van der Waals surface area (Å²) in [6.07, 6.45) is 0.0382. The highest BCUT2D eigenvalue weighted by Crippen LogP contribution is 2.33. The van der Waals surface area contributed by atoms with Crippen LogP contribution in [0.15, 0.2) is 97.1 Å². The number of benzene rings is 4. The van der Waals surface area contributed by atoms with E-state index < -0.39 is 11.5 Å². The van der Waals surface area contributed by atoms with Gasteiger partial charge < -0.3 is 25.2 Å². The van der Waals surface area contributed by atoms with Crippen LogP contribution < -0.4 is 20.1 Å². The van der Waals surface area contributed by atoms with E-state index in [-0.39, 0.29) is 12.3 Å². The zero-order valence-corrected chi connectivity index (χ0v) is 22.2. The van der Waals surface area contributed by atoms with Crippen LogP contribution in [0.2, 0.25) is 0 Å². The van der Waals surface area contributed by atoms with E-state index in [1.165, 1.54) is 6.92 Å². The number of nitrogens with one attached hydrogen (secondary N) is 2. The van der Waals surface area contributed by atoms with Crippen molar-refractivity contribution in [2.24, 2.45) is 0 Å². The van der Waals surface area contributed by atoms with Crippen molar-refractivity contribution >= 4 is 23.3 Å². The Balaban J connectivity index is 1.49. The van der Waals surface area contributed by atoms with Crippen molar-refractivity contribution in [2.75, 3.05) is 17.7 Å². The molecule has 0 saturated carbocycles. The Morgan fingerprint density at radius 2 is 1.60 bits per heavy atom. The second kappa shape index (κ2) is 12.5. The lowest BCUT2D eigenvalue weighted by Gasteiger charge is -2.30. The third kappa shape index (κ3) is 6.58. The van der Waals surface area contributed by atoms with Gasteiger partial charge in [0.2, 0.25) is 5.91 Å². The highest BCUT2D eigenvalue weighted by atomic mass is 16.5. The number of nitriles is 1. The molecule has 0 aliphatic rings. The standard InChI is InChI=1S/C32H29N3O5/c1-32(31(37)38,35-25-15-12-22(20-33)13-16-25)26-10-6-7-11-27(26)34-30(36)19-24-14-17-28(29(18-24)39-2)40-21-23-8-4-3-5-9-23/h3-18,35H,19,21H2,1-2H3,(H,34,36)(H,37,38). The van der Waals surface area contributed by atoms with Gasteiger partial charge in [0.1, 0.15) is 6.61 Å². The first kappa shape index (κ1) is 27.7. The number of carboxylic acids is 1. The number of methoxy groups -OCH3 is 1. The molecule has 202 valence electrons. The molecule has 0 bridgehead atoms. The summed E-state index contributed by atoms with van der Waals surface area (Å²) in [5.74, 6) is -0.383. The number of carbonyl (C=O) groups is 2. The molecule has 4 aromatic carbocycles. The molecule has 0 radical (unpaired) electrons. The predicted molar refractivity (Wildman–Crippen MR) is 152 cm³/mol. The second-order valence-corrected chi connectivity index (χ2v) is 9.27. The first-order valence-electron chi connectivity index (χ1n) is 12.6. The molecule has 1 atom stereocenters. The van der Waals surface area contributed by atoms with Gasteiger partial charge in [-0.3, -0.25) is 4.79 Å². The average molecular weight is 536 g/mol.